The predicted octanol–water partition coefficient (Wildman–Crippen LogP) is 5.47. The van der Waals surface area contributed by atoms with E-state index in [1.807, 2.05) is 43.3 Å². The van der Waals surface area contributed by atoms with Crippen LogP contribution in [0.4, 0.5) is 0 Å². The maximum Gasteiger partial charge on any atom is 0.251 e. The van der Waals surface area contributed by atoms with Crippen LogP contribution in [0.3, 0.4) is 0 Å². The number of benzene rings is 3. The number of hydrogen-bond acceptors (Lipinski definition) is 3. The van der Waals surface area contributed by atoms with Crippen molar-refractivity contribution in [2.75, 3.05) is 19.7 Å². The van der Waals surface area contributed by atoms with Gasteiger partial charge in [-0.05, 0) is 86.1 Å². The van der Waals surface area contributed by atoms with E-state index in [4.69, 9.17) is 4.74 Å². The number of amides is 1. The molecule has 4 nitrogen and oxygen atoms in total. The number of piperidine rings is 1. The Bertz CT molecular complexity index is 1010. The SMILES string of the molecule is CCOc1cccc(CNC(=O)c2ccc(CN3CCC(Cc4ccccc4)CC3)cc2)c1. The first-order valence-corrected chi connectivity index (χ1v) is 12.0. The molecule has 172 valence electrons. The molecule has 1 N–H and O–H groups in total. The monoisotopic (exact) mass is 442 g/mol. The summed E-state index contributed by atoms with van der Waals surface area (Å²) < 4.78 is 5.53. The number of nitrogens with zero attached hydrogens (tertiary/aromatic N) is 1. The highest BCUT2D eigenvalue weighted by Crippen LogP contribution is 2.23. The fraction of sp³-hybridized carbons (Fsp3) is 0.345. The van der Waals surface area contributed by atoms with Crippen LogP contribution in [0, 0.1) is 5.92 Å². The summed E-state index contributed by atoms with van der Waals surface area (Å²) in [5.41, 5.74) is 4.44. The van der Waals surface area contributed by atoms with E-state index in [-0.39, 0.29) is 5.91 Å². The van der Waals surface area contributed by atoms with Crippen molar-refractivity contribution in [3.8, 4) is 5.75 Å². The van der Waals surface area contributed by atoms with Crippen molar-refractivity contribution in [1.82, 2.24) is 10.2 Å². The van der Waals surface area contributed by atoms with Crippen LogP contribution in [0.5, 0.6) is 5.75 Å². The van der Waals surface area contributed by atoms with Gasteiger partial charge in [-0.15, -0.1) is 0 Å². The molecule has 0 aromatic heterocycles. The van der Waals surface area contributed by atoms with Crippen molar-refractivity contribution in [3.05, 3.63) is 101 Å². The summed E-state index contributed by atoms with van der Waals surface area (Å²) in [7, 11) is 0. The number of hydrogen-bond donors (Lipinski definition) is 1. The molecule has 0 aliphatic carbocycles. The first-order chi connectivity index (χ1) is 16.2. The van der Waals surface area contributed by atoms with Crippen molar-refractivity contribution in [1.29, 1.82) is 0 Å². The van der Waals surface area contributed by atoms with Crippen molar-refractivity contribution >= 4 is 5.91 Å². The molecular weight excluding hydrogens is 408 g/mol. The zero-order valence-corrected chi connectivity index (χ0v) is 19.5. The average Bonchev–Trinajstić information content (AvgIpc) is 2.85. The highest BCUT2D eigenvalue weighted by molar-refractivity contribution is 5.94. The fourth-order valence-corrected chi connectivity index (χ4v) is 4.51. The van der Waals surface area contributed by atoms with E-state index in [0.29, 0.717) is 18.7 Å². The van der Waals surface area contributed by atoms with Gasteiger partial charge < -0.3 is 10.1 Å². The van der Waals surface area contributed by atoms with Crippen molar-refractivity contribution in [3.63, 3.8) is 0 Å². The van der Waals surface area contributed by atoms with Crippen LogP contribution in [0.15, 0.2) is 78.9 Å². The molecule has 1 aliphatic rings. The van der Waals surface area contributed by atoms with Crippen LogP contribution in [0.2, 0.25) is 0 Å². The Kier molecular flexibility index (Phi) is 8.15. The van der Waals surface area contributed by atoms with E-state index in [0.717, 1.165) is 36.9 Å². The van der Waals surface area contributed by atoms with E-state index in [9.17, 15) is 4.79 Å². The molecule has 0 radical (unpaired) electrons. The molecule has 0 atom stereocenters. The number of nitrogens with one attached hydrogen (secondary N) is 1. The summed E-state index contributed by atoms with van der Waals surface area (Å²) in [4.78, 5) is 15.1. The van der Waals surface area contributed by atoms with E-state index in [2.05, 4.69) is 52.7 Å². The standard InChI is InChI=1S/C29H34N2O2/c1-2-33-28-10-6-9-26(20-28)21-30-29(32)27-13-11-25(12-14-27)22-31-17-15-24(16-18-31)19-23-7-4-3-5-8-23/h3-14,20,24H,2,15-19,21-22H2,1H3,(H,30,32). The molecule has 0 spiro atoms. The first kappa shape index (κ1) is 23.1. The molecule has 0 unspecified atom stereocenters. The highest BCUT2D eigenvalue weighted by atomic mass is 16.5. The maximum atomic E-state index is 12.6. The van der Waals surface area contributed by atoms with Gasteiger partial charge in [0.1, 0.15) is 5.75 Å². The minimum Gasteiger partial charge on any atom is -0.494 e. The minimum absolute atomic E-state index is 0.0508. The van der Waals surface area contributed by atoms with Crippen LogP contribution in [-0.2, 0) is 19.5 Å². The summed E-state index contributed by atoms with van der Waals surface area (Å²) in [6.07, 6.45) is 3.69. The lowest BCUT2D eigenvalue weighted by molar-refractivity contribution is 0.0951. The first-order valence-electron chi connectivity index (χ1n) is 12.0. The second kappa shape index (κ2) is 11.7. The summed E-state index contributed by atoms with van der Waals surface area (Å²) in [6.45, 7) is 6.31. The van der Waals surface area contributed by atoms with Crippen LogP contribution in [0.25, 0.3) is 0 Å². The lowest BCUT2D eigenvalue weighted by atomic mass is 9.90. The Balaban J connectivity index is 1.22. The molecule has 3 aromatic carbocycles. The van der Waals surface area contributed by atoms with Crippen LogP contribution in [-0.4, -0.2) is 30.5 Å². The normalized spacial score (nSPS) is 14.7. The summed E-state index contributed by atoms with van der Waals surface area (Å²) in [5.74, 6) is 1.56. The molecule has 4 rings (SSSR count). The summed E-state index contributed by atoms with van der Waals surface area (Å²) in [5, 5.41) is 3.01. The quantitative estimate of drug-likeness (QED) is 0.478. The van der Waals surface area contributed by atoms with Gasteiger partial charge in [0.15, 0.2) is 0 Å². The lowest BCUT2D eigenvalue weighted by Crippen LogP contribution is -2.33. The zero-order valence-electron chi connectivity index (χ0n) is 19.5. The van der Waals surface area contributed by atoms with Crippen molar-refractivity contribution in [2.24, 2.45) is 5.92 Å². The third-order valence-electron chi connectivity index (χ3n) is 6.36. The summed E-state index contributed by atoms with van der Waals surface area (Å²) in [6, 6.07) is 26.7. The molecule has 1 amide bonds. The van der Waals surface area contributed by atoms with Gasteiger partial charge in [0.05, 0.1) is 6.61 Å². The molecule has 1 heterocycles. The average molecular weight is 443 g/mol. The van der Waals surface area contributed by atoms with Gasteiger partial charge >= 0.3 is 0 Å². The zero-order chi connectivity index (χ0) is 22.9. The molecule has 1 saturated heterocycles. The molecule has 1 aliphatic heterocycles. The van der Waals surface area contributed by atoms with Gasteiger partial charge in [-0.25, -0.2) is 0 Å². The Morgan fingerprint density at radius 1 is 0.909 bits per heavy atom. The van der Waals surface area contributed by atoms with Crippen molar-refractivity contribution in [2.45, 2.75) is 39.3 Å². The Labute approximate surface area is 197 Å². The van der Waals surface area contributed by atoms with Gasteiger partial charge in [-0.2, -0.15) is 0 Å². The Morgan fingerprint density at radius 2 is 1.64 bits per heavy atom. The van der Waals surface area contributed by atoms with Gasteiger partial charge in [0, 0.05) is 18.7 Å². The van der Waals surface area contributed by atoms with Gasteiger partial charge in [0.25, 0.3) is 5.91 Å². The lowest BCUT2D eigenvalue weighted by Gasteiger charge is -2.32. The molecule has 33 heavy (non-hydrogen) atoms. The fourth-order valence-electron chi connectivity index (χ4n) is 4.51. The third kappa shape index (κ3) is 6.93. The van der Waals surface area contributed by atoms with Crippen LogP contribution < -0.4 is 10.1 Å². The second-order valence-corrected chi connectivity index (χ2v) is 8.87. The molecule has 1 fully saturated rings. The Morgan fingerprint density at radius 3 is 2.36 bits per heavy atom. The summed E-state index contributed by atoms with van der Waals surface area (Å²) >= 11 is 0. The third-order valence-corrected chi connectivity index (χ3v) is 6.36. The number of likely N-dealkylation sites (tertiary alicyclic amines) is 1. The van der Waals surface area contributed by atoms with Crippen LogP contribution in [0.1, 0.15) is 46.8 Å². The highest BCUT2D eigenvalue weighted by Gasteiger charge is 2.19. The molecule has 4 heteroatoms. The van der Waals surface area contributed by atoms with Gasteiger partial charge in [0.2, 0.25) is 0 Å². The smallest absolute Gasteiger partial charge is 0.251 e. The van der Waals surface area contributed by atoms with E-state index in [1.165, 1.54) is 30.4 Å². The number of carbonyl (C=O) groups excluding carboxylic acids is 1. The number of ether oxygens (including phenoxy) is 1. The van der Waals surface area contributed by atoms with Crippen LogP contribution >= 0.6 is 0 Å². The Hall–Kier alpha value is -3.11. The van der Waals surface area contributed by atoms with E-state index < -0.39 is 0 Å². The number of carbonyl (C=O) groups is 1. The molecule has 3 aromatic rings. The number of rotatable bonds is 9. The predicted molar refractivity (Wildman–Crippen MR) is 133 cm³/mol. The largest absolute Gasteiger partial charge is 0.494 e. The molecule has 0 saturated carbocycles. The maximum absolute atomic E-state index is 12.6. The van der Waals surface area contributed by atoms with E-state index in [1.54, 1.807) is 0 Å². The molecular formula is C29H34N2O2. The minimum atomic E-state index is -0.0508. The van der Waals surface area contributed by atoms with Gasteiger partial charge in [-0.1, -0.05) is 54.6 Å². The van der Waals surface area contributed by atoms with E-state index >= 15 is 0 Å². The van der Waals surface area contributed by atoms with Crippen molar-refractivity contribution < 1.29 is 9.53 Å². The van der Waals surface area contributed by atoms with Gasteiger partial charge in [-0.3, -0.25) is 9.69 Å². The second-order valence-electron chi connectivity index (χ2n) is 8.87. The topological polar surface area (TPSA) is 41.6 Å². The molecule has 0 bridgehead atoms.